The van der Waals surface area contributed by atoms with Gasteiger partial charge in [-0.15, -0.1) is 11.3 Å². The van der Waals surface area contributed by atoms with Gasteiger partial charge in [0.15, 0.2) is 5.17 Å². The molecule has 1 aromatic heterocycles. The minimum absolute atomic E-state index is 0.0181. The highest BCUT2D eigenvalue weighted by Gasteiger charge is 2.47. The van der Waals surface area contributed by atoms with Gasteiger partial charge < -0.3 is 14.8 Å². The SMILES string of the molecule is CCCCC1(CN2CCOCC2)S/C(=N/c2nc(CC(=O)OCC)cs2)NC1=O. The number of amidine groups is 1. The summed E-state index contributed by atoms with van der Waals surface area (Å²) in [7, 11) is 0. The van der Waals surface area contributed by atoms with Gasteiger partial charge in [-0.1, -0.05) is 31.5 Å². The zero-order chi connectivity index (χ0) is 20.7. The predicted molar refractivity (Wildman–Crippen MR) is 115 cm³/mol. The van der Waals surface area contributed by atoms with E-state index in [0.29, 0.717) is 42.4 Å². The van der Waals surface area contributed by atoms with E-state index in [1.165, 1.54) is 23.1 Å². The normalized spacial score (nSPS) is 24.1. The van der Waals surface area contributed by atoms with Gasteiger partial charge in [0.1, 0.15) is 4.75 Å². The number of carbonyl (C=O) groups is 2. The number of aromatic nitrogens is 1. The molecule has 2 aliphatic heterocycles. The molecule has 1 amide bonds. The number of rotatable bonds is 9. The van der Waals surface area contributed by atoms with Crippen LogP contribution in [0, 0.1) is 0 Å². The second-order valence-electron chi connectivity index (χ2n) is 7.06. The first-order valence-electron chi connectivity index (χ1n) is 10.0. The third-order valence-electron chi connectivity index (χ3n) is 4.81. The summed E-state index contributed by atoms with van der Waals surface area (Å²) in [5, 5.41) is 5.87. The molecule has 1 atom stereocenters. The van der Waals surface area contributed by atoms with Gasteiger partial charge in [-0.3, -0.25) is 14.5 Å². The van der Waals surface area contributed by atoms with Gasteiger partial charge in [-0.05, 0) is 13.3 Å². The molecule has 3 heterocycles. The number of ether oxygens (including phenoxy) is 2. The van der Waals surface area contributed by atoms with Crippen molar-refractivity contribution >= 4 is 45.3 Å². The zero-order valence-corrected chi connectivity index (χ0v) is 18.6. The average molecular weight is 441 g/mol. The molecule has 8 nitrogen and oxygen atoms in total. The van der Waals surface area contributed by atoms with Crippen LogP contribution in [-0.4, -0.2) is 71.1 Å². The number of thiazole rings is 1. The predicted octanol–water partition coefficient (Wildman–Crippen LogP) is 2.36. The Hall–Kier alpha value is -1.49. The molecule has 0 saturated carbocycles. The lowest BCUT2D eigenvalue weighted by Crippen LogP contribution is -2.49. The second kappa shape index (κ2) is 10.5. The van der Waals surface area contributed by atoms with Crippen LogP contribution in [0.2, 0.25) is 0 Å². The van der Waals surface area contributed by atoms with Gasteiger partial charge >= 0.3 is 5.97 Å². The van der Waals surface area contributed by atoms with Crippen molar-refractivity contribution < 1.29 is 19.1 Å². The lowest BCUT2D eigenvalue weighted by Gasteiger charge is -2.34. The van der Waals surface area contributed by atoms with E-state index in [4.69, 9.17) is 9.47 Å². The molecule has 160 valence electrons. The lowest BCUT2D eigenvalue weighted by molar-refractivity contribution is -0.142. The van der Waals surface area contributed by atoms with Crippen molar-refractivity contribution in [3.05, 3.63) is 11.1 Å². The van der Waals surface area contributed by atoms with Gasteiger partial charge in [0.2, 0.25) is 11.0 Å². The van der Waals surface area contributed by atoms with Gasteiger partial charge in [-0.2, -0.15) is 4.99 Å². The van der Waals surface area contributed by atoms with Crippen LogP contribution in [0.4, 0.5) is 5.13 Å². The Kier molecular flexibility index (Phi) is 8.05. The number of amides is 1. The van der Waals surface area contributed by atoms with E-state index in [-0.39, 0.29) is 18.3 Å². The van der Waals surface area contributed by atoms with Crippen LogP contribution in [0.25, 0.3) is 0 Å². The highest BCUT2D eigenvalue weighted by molar-refractivity contribution is 8.16. The fourth-order valence-corrected chi connectivity index (χ4v) is 5.36. The quantitative estimate of drug-likeness (QED) is 0.589. The third kappa shape index (κ3) is 6.00. The molecular weight excluding hydrogens is 412 g/mol. The molecule has 1 aromatic rings. The summed E-state index contributed by atoms with van der Waals surface area (Å²) in [4.78, 5) is 35.8. The van der Waals surface area contributed by atoms with Crippen molar-refractivity contribution in [1.82, 2.24) is 15.2 Å². The Labute approximate surface area is 179 Å². The minimum atomic E-state index is -0.531. The molecule has 2 aliphatic rings. The molecule has 2 saturated heterocycles. The smallest absolute Gasteiger partial charge is 0.311 e. The van der Waals surface area contributed by atoms with E-state index in [9.17, 15) is 9.59 Å². The first-order valence-corrected chi connectivity index (χ1v) is 11.7. The molecule has 0 radical (unpaired) electrons. The van der Waals surface area contributed by atoms with E-state index >= 15 is 0 Å². The van der Waals surface area contributed by atoms with Gasteiger partial charge in [0.05, 0.1) is 31.9 Å². The van der Waals surface area contributed by atoms with Crippen molar-refractivity contribution in [2.24, 2.45) is 4.99 Å². The lowest BCUT2D eigenvalue weighted by atomic mass is 9.99. The van der Waals surface area contributed by atoms with Gasteiger partial charge in [0, 0.05) is 25.0 Å². The molecule has 29 heavy (non-hydrogen) atoms. The Morgan fingerprint density at radius 2 is 2.21 bits per heavy atom. The summed E-state index contributed by atoms with van der Waals surface area (Å²) in [5.41, 5.74) is 0.632. The Bertz CT molecular complexity index is 748. The number of hydrogen-bond donors (Lipinski definition) is 1. The summed E-state index contributed by atoms with van der Waals surface area (Å²) < 4.78 is 9.86. The number of morpholine rings is 1. The number of carbonyl (C=O) groups excluding carboxylic acids is 2. The zero-order valence-electron chi connectivity index (χ0n) is 16.9. The van der Waals surface area contributed by atoms with Crippen LogP contribution >= 0.6 is 23.1 Å². The second-order valence-corrected chi connectivity index (χ2v) is 9.27. The summed E-state index contributed by atoms with van der Waals surface area (Å²) >= 11 is 2.86. The van der Waals surface area contributed by atoms with E-state index in [1.807, 2.05) is 0 Å². The maximum atomic E-state index is 13.0. The monoisotopic (exact) mass is 440 g/mol. The number of nitrogens with one attached hydrogen (secondary N) is 1. The minimum Gasteiger partial charge on any atom is -0.466 e. The van der Waals surface area contributed by atoms with Crippen LogP contribution in [0.1, 0.15) is 38.8 Å². The number of nitrogens with zero attached hydrogens (tertiary/aromatic N) is 3. The van der Waals surface area contributed by atoms with E-state index in [1.54, 1.807) is 12.3 Å². The molecule has 10 heteroatoms. The molecule has 0 aliphatic carbocycles. The highest BCUT2D eigenvalue weighted by atomic mass is 32.2. The van der Waals surface area contributed by atoms with E-state index < -0.39 is 4.75 Å². The number of aliphatic imine (C=N–C) groups is 1. The van der Waals surface area contributed by atoms with Crippen LogP contribution in [-0.2, 0) is 25.5 Å². The molecule has 3 rings (SSSR count). The molecular formula is C19H28N4O4S2. The number of esters is 1. The Balaban J connectivity index is 1.70. The largest absolute Gasteiger partial charge is 0.466 e. The average Bonchev–Trinajstić information content (AvgIpc) is 3.25. The van der Waals surface area contributed by atoms with E-state index in [2.05, 4.69) is 27.1 Å². The highest BCUT2D eigenvalue weighted by Crippen LogP contribution is 2.39. The van der Waals surface area contributed by atoms with Gasteiger partial charge in [0.25, 0.3) is 0 Å². The van der Waals surface area contributed by atoms with Crippen LogP contribution in [0.3, 0.4) is 0 Å². The van der Waals surface area contributed by atoms with Crippen LogP contribution < -0.4 is 5.32 Å². The summed E-state index contributed by atoms with van der Waals surface area (Å²) in [5.74, 6) is -0.283. The standard InChI is InChI=1S/C19H28N4O4S2/c1-3-5-6-19(13-23-7-9-26-10-8-23)16(25)21-18(29-19)22-17-20-14(12-28-17)11-15(24)27-4-2/h12H,3-11,13H2,1-2H3,(H,20,21,22,25). The maximum absolute atomic E-state index is 13.0. The number of thioether (sulfide) groups is 1. The third-order valence-corrected chi connectivity index (χ3v) is 6.89. The number of unbranched alkanes of at least 4 members (excludes halogenated alkanes) is 1. The molecule has 1 unspecified atom stereocenters. The van der Waals surface area contributed by atoms with Crippen molar-refractivity contribution in [2.75, 3.05) is 39.5 Å². The van der Waals surface area contributed by atoms with Gasteiger partial charge in [-0.25, -0.2) is 4.98 Å². The first-order chi connectivity index (χ1) is 14.0. The van der Waals surface area contributed by atoms with Crippen molar-refractivity contribution in [3.8, 4) is 0 Å². The fourth-order valence-electron chi connectivity index (χ4n) is 3.32. The topological polar surface area (TPSA) is 93.1 Å². The van der Waals surface area contributed by atoms with Crippen molar-refractivity contribution in [1.29, 1.82) is 0 Å². The molecule has 0 spiro atoms. The maximum Gasteiger partial charge on any atom is 0.311 e. The first kappa shape index (κ1) is 22.2. The molecule has 1 N–H and O–H groups in total. The van der Waals surface area contributed by atoms with Crippen molar-refractivity contribution in [2.45, 2.75) is 44.3 Å². The Morgan fingerprint density at radius 3 is 2.93 bits per heavy atom. The summed E-state index contributed by atoms with van der Waals surface area (Å²) in [6, 6.07) is 0. The van der Waals surface area contributed by atoms with Crippen LogP contribution in [0.15, 0.2) is 10.4 Å². The molecule has 0 bridgehead atoms. The summed E-state index contributed by atoms with van der Waals surface area (Å²) in [6.45, 7) is 8.06. The summed E-state index contributed by atoms with van der Waals surface area (Å²) in [6.07, 6.45) is 2.96. The van der Waals surface area contributed by atoms with Crippen molar-refractivity contribution in [3.63, 3.8) is 0 Å². The van der Waals surface area contributed by atoms with E-state index in [0.717, 1.165) is 32.4 Å². The van der Waals surface area contributed by atoms with Crippen LogP contribution in [0.5, 0.6) is 0 Å². The molecule has 0 aromatic carbocycles. The Morgan fingerprint density at radius 1 is 1.41 bits per heavy atom. The number of hydrogen-bond acceptors (Lipinski definition) is 9. The fraction of sp³-hybridized carbons (Fsp3) is 0.684. The molecule has 2 fully saturated rings.